The monoisotopic (exact) mass is 485 g/mol. The van der Waals surface area contributed by atoms with Crippen LogP contribution in [0.4, 0.5) is 8.78 Å². The second-order valence-electron chi connectivity index (χ2n) is 10.9. The van der Waals surface area contributed by atoms with Crippen molar-refractivity contribution in [3.63, 3.8) is 0 Å². The SMILES string of the molecule is CC(C)[C@@H](NC(O)CC1=CC(C(C)(F)F)CCC1)C(O)C1CCC(C2C=CC(Cl)=CC2)CC1. The normalized spacial score (nSPS) is 31.7. The van der Waals surface area contributed by atoms with Crippen LogP contribution in [0.3, 0.4) is 0 Å². The molecule has 6 heteroatoms. The van der Waals surface area contributed by atoms with Crippen LogP contribution in [-0.2, 0) is 0 Å². The van der Waals surface area contributed by atoms with Gasteiger partial charge in [-0.3, -0.25) is 5.32 Å². The Morgan fingerprint density at radius 3 is 2.42 bits per heavy atom. The van der Waals surface area contributed by atoms with E-state index in [2.05, 4.69) is 31.3 Å². The third kappa shape index (κ3) is 7.62. The van der Waals surface area contributed by atoms with Crippen molar-refractivity contribution < 1.29 is 19.0 Å². The largest absolute Gasteiger partial charge is 0.391 e. The molecule has 1 fully saturated rings. The summed E-state index contributed by atoms with van der Waals surface area (Å²) in [6.07, 6.45) is 14.1. The Morgan fingerprint density at radius 1 is 1.15 bits per heavy atom. The summed E-state index contributed by atoms with van der Waals surface area (Å²) in [5.74, 6) is -1.96. The lowest BCUT2D eigenvalue weighted by Crippen LogP contribution is -2.51. The molecule has 188 valence electrons. The van der Waals surface area contributed by atoms with E-state index >= 15 is 0 Å². The molecule has 4 unspecified atom stereocenters. The third-order valence-electron chi connectivity index (χ3n) is 8.02. The molecule has 0 aromatic rings. The molecular weight excluding hydrogens is 444 g/mol. The second kappa shape index (κ2) is 11.8. The van der Waals surface area contributed by atoms with Gasteiger partial charge in [-0.05, 0) is 88.0 Å². The van der Waals surface area contributed by atoms with Crippen molar-refractivity contribution in [3.8, 4) is 0 Å². The summed E-state index contributed by atoms with van der Waals surface area (Å²) < 4.78 is 27.5. The van der Waals surface area contributed by atoms with Crippen LogP contribution >= 0.6 is 11.6 Å². The zero-order chi connectivity index (χ0) is 24.2. The summed E-state index contributed by atoms with van der Waals surface area (Å²) in [4.78, 5) is 0. The Balaban J connectivity index is 1.52. The Hall–Kier alpha value is -0.750. The van der Waals surface area contributed by atoms with Crippen LogP contribution in [0.15, 0.2) is 34.9 Å². The minimum atomic E-state index is -2.73. The Morgan fingerprint density at radius 2 is 1.85 bits per heavy atom. The van der Waals surface area contributed by atoms with Crippen LogP contribution in [-0.4, -0.2) is 34.5 Å². The zero-order valence-electron chi connectivity index (χ0n) is 20.3. The number of allylic oxidation sites excluding steroid dienone is 5. The molecular formula is C27H42ClF2NO2. The third-order valence-corrected chi connectivity index (χ3v) is 8.30. The van der Waals surface area contributed by atoms with E-state index in [4.69, 9.17) is 11.6 Å². The highest BCUT2D eigenvalue weighted by Gasteiger charge is 2.36. The maximum atomic E-state index is 13.7. The fourth-order valence-corrected chi connectivity index (χ4v) is 6.11. The van der Waals surface area contributed by atoms with Crippen molar-refractivity contribution in [3.05, 3.63) is 34.9 Å². The Kier molecular flexibility index (Phi) is 9.59. The Labute approximate surface area is 203 Å². The van der Waals surface area contributed by atoms with E-state index in [0.717, 1.165) is 62.5 Å². The van der Waals surface area contributed by atoms with Crippen molar-refractivity contribution in [2.75, 3.05) is 0 Å². The molecule has 0 saturated heterocycles. The van der Waals surface area contributed by atoms with Gasteiger partial charge in [0.1, 0.15) is 6.23 Å². The number of alkyl halides is 2. The maximum absolute atomic E-state index is 13.7. The Bertz CT molecular complexity index is 722. The molecule has 0 aliphatic heterocycles. The lowest BCUT2D eigenvalue weighted by molar-refractivity contribution is -0.0269. The van der Waals surface area contributed by atoms with Gasteiger partial charge in [0.2, 0.25) is 0 Å². The molecule has 0 amide bonds. The van der Waals surface area contributed by atoms with E-state index in [9.17, 15) is 19.0 Å². The van der Waals surface area contributed by atoms with E-state index in [-0.39, 0.29) is 17.9 Å². The van der Waals surface area contributed by atoms with E-state index in [1.807, 2.05) is 6.08 Å². The zero-order valence-corrected chi connectivity index (χ0v) is 21.1. The van der Waals surface area contributed by atoms with E-state index in [0.29, 0.717) is 24.7 Å². The van der Waals surface area contributed by atoms with Crippen molar-refractivity contribution in [1.82, 2.24) is 5.32 Å². The average Bonchev–Trinajstić information content (AvgIpc) is 2.77. The first-order valence-corrected chi connectivity index (χ1v) is 13.2. The van der Waals surface area contributed by atoms with Gasteiger partial charge in [0.25, 0.3) is 5.92 Å². The molecule has 0 heterocycles. The first-order valence-electron chi connectivity index (χ1n) is 12.8. The molecule has 3 aliphatic carbocycles. The summed E-state index contributed by atoms with van der Waals surface area (Å²) in [5, 5.41) is 26.0. The molecule has 5 atom stereocenters. The first-order chi connectivity index (χ1) is 15.5. The molecule has 3 nitrogen and oxygen atoms in total. The quantitative estimate of drug-likeness (QED) is 0.256. The van der Waals surface area contributed by atoms with Gasteiger partial charge < -0.3 is 10.2 Å². The topological polar surface area (TPSA) is 52.5 Å². The molecule has 0 bridgehead atoms. The summed E-state index contributed by atoms with van der Waals surface area (Å²) in [5.41, 5.74) is 0.889. The molecule has 0 radical (unpaired) electrons. The summed E-state index contributed by atoms with van der Waals surface area (Å²) in [6.45, 7) is 5.08. The number of nitrogens with one attached hydrogen (secondary N) is 1. The van der Waals surface area contributed by atoms with Gasteiger partial charge >= 0.3 is 0 Å². The highest BCUT2D eigenvalue weighted by molar-refractivity contribution is 6.31. The number of aliphatic hydroxyl groups is 2. The molecule has 3 N–H and O–H groups in total. The lowest BCUT2D eigenvalue weighted by atomic mass is 9.71. The summed E-state index contributed by atoms with van der Waals surface area (Å²) in [7, 11) is 0. The minimum Gasteiger partial charge on any atom is -0.391 e. The highest BCUT2D eigenvalue weighted by Crippen LogP contribution is 2.40. The predicted molar refractivity (Wildman–Crippen MR) is 131 cm³/mol. The fourth-order valence-electron chi connectivity index (χ4n) is 5.95. The van der Waals surface area contributed by atoms with Gasteiger partial charge in [0, 0.05) is 23.4 Å². The summed E-state index contributed by atoms with van der Waals surface area (Å²) >= 11 is 6.06. The van der Waals surface area contributed by atoms with Gasteiger partial charge in [-0.15, -0.1) is 0 Å². The van der Waals surface area contributed by atoms with Crippen molar-refractivity contribution in [2.45, 2.75) is 103 Å². The standard InChI is InChI=1S/C27H42ClF2NO2/c1-17(2)25(31-24(32)16-18-5-4-6-22(15-18)27(3,29)30)26(33)21-9-7-19(8-10-21)20-11-13-23(28)14-12-20/h11,13-15,17,19-22,24-26,31-33H,4-10,12,16H2,1-3H3/t19?,20?,21?,22?,24?,25-,26?/m1/s1. The number of aliphatic hydroxyl groups excluding tert-OH is 2. The van der Waals surface area contributed by atoms with Crippen molar-refractivity contribution >= 4 is 11.6 Å². The van der Waals surface area contributed by atoms with Gasteiger partial charge in [0.15, 0.2) is 0 Å². The van der Waals surface area contributed by atoms with Crippen molar-refractivity contribution in [1.29, 1.82) is 0 Å². The van der Waals surface area contributed by atoms with Crippen LogP contribution < -0.4 is 5.32 Å². The fraction of sp³-hybridized carbons (Fsp3) is 0.778. The molecule has 3 rings (SSSR count). The average molecular weight is 486 g/mol. The van der Waals surface area contributed by atoms with Crippen LogP contribution in [0.25, 0.3) is 0 Å². The van der Waals surface area contributed by atoms with E-state index in [1.165, 1.54) is 0 Å². The molecule has 0 aromatic heterocycles. The number of hydrogen-bond donors (Lipinski definition) is 3. The second-order valence-corrected chi connectivity index (χ2v) is 11.4. The van der Waals surface area contributed by atoms with Crippen LogP contribution in [0.1, 0.15) is 78.6 Å². The highest BCUT2D eigenvalue weighted by atomic mass is 35.5. The smallest absolute Gasteiger partial charge is 0.251 e. The predicted octanol–water partition coefficient (Wildman–Crippen LogP) is 6.56. The van der Waals surface area contributed by atoms with Crippen LogP contribution in [0.2, 0.25) is 0 Å². The molecule has 0 aromatic carbocycles. The maximum Gasteiger partial charge on any atom is 0.251 e. The van der Waals surface area contributed by atoms with Crippen LogP contribution in [0.5, 0.6) is 0 Å². The first kappa shape index (κ1) is 26.8. The minimum absolute atomic E-state index is 0.147. The molecule has 33 heavy (non-hydrogen) atoms. The van der Waals surface area contributed by atoms with Crippen LogP contribution in [0, 0.1) is 29.6 Å². The van der Waals surface area contributed by atoms with Gasteiger partial charge in [-0.1, -0.05) is 49.2 Å². The van der Waals surface area contributed by atoms with Gasteiger partial charge in [-0.2, -0.15) is 0 Å². The van der Waals surface area contributed by atoms with Gasteiger partial charge in [-0.25, -0.2) is 8.78 Å². The van der Waals surface area contributed by atoms with E-state index < -0.39 is 24.2 Å². The summed E-state index contributed by atoms with van der Waals surface area (Å²) in [6, 6.07) is -0.231. The lowest BCUT2D eigenvalue weighted by Gasteiger charge is -2.39. The molecule has 1 saturated carbocycles. The number of halogens is 3. The van der Waals surface area contributed by atoms with E-state index in [1.54, 1.807) is 6.08 Å². The van der Waals surface area contributed by atoms with Gasteiger partial charge in [0.05, 0.1) is 6.10 Å². The number of hydrogen-bond acceptors (Lipinski definition) is 3. The molecule has 0 spiro atoms. The molecule has 3 aliphatic rings. The van der Waals surface area contributed by atoms with Crippen molar-refractivity contribution in [2.24, 2.45) is 29.6 Å². The number of rotatable bonds is 9.